The first-order valence-electron chi connectivity index (χ1n) is 9.65. The van der Waals surface area contributed by atoms with Crippen LogP contribution in [-0.4, -0.2) is 39.5 Å². The molecule has 0 aliphatic carbocycles. The first kappa shape index (κ1) is 20.8. The minimum Gasteiger partial charge on any atom is -0.493 e. The van der Waals surface area contributed by atoms with E-state index in [9.17, 15) is 9.59 Å². The van der Waals surface area contributed by atoms with Gasteiger partial charge in [0, 0.05) is 11.1 Å². The molecule has 2 aliphatic rings. The van der Waals surface area contributed by atoms with Gasteiger partial charge in [0.1, 0.15) is 17.2 Å². The molecule has 28 heavy (non-hydrogen) atoms. The molecule has 0 bridgehead atoms. The number of aryl methyl sites for hydroxylation is 2. The first-order valence-corrected chi connectivity index (χ1v) is 10.5. The van der Waals surface area contributed by atoms with Crippen LogP contribution >= 0.6 is 11.8 Å². The van der Waals surface area contributed by atoms with Gasteiger partial charge in [0.05, 0.1) is 11.4 Å². The molecule has 0 aromatic heterocycles. The first-order chi connectivity index (χ1) is 12.9. The summed E-state index contributed by atoms with van der Waals surface area (Å²) in [7, 11) is 0. The van der Waals surface area contributed by atoms with Crippen LogP contribution < -0.4 is 10.1 Å². The van der Waals surface area contributed by atoms with Gasteiger partial charge in [-0.25, -0.2) is 0 Å². The molecule has 2 heterocycles. The largest absolute Gasteiger partial charge is 0.493 e. The number of fused-ring (bicyclic) bond motifs is 1. The minimum atomic E-state index is -0.631. The van der Waals surface area contributed by atoms with Gasteiger partial charge in [-0.2, -0.15) is 0 Å². The van der Waals surface area contributed by atoms with Gasteiger partial charge in [0.2, 0.25) is 5.91 Å². The molecule has 6 heteroatoms. The van der Waals surface area contributed by atoms with Crippen LogP contribution in [0.1, 0.15) is 45.2 Å². The summed E-state index contributed by atoms with van der Waals surface area (Å²) in [4.78, 5) is 27.0. The van der Waals surface area contributed by atoms with E-state index in [1.165, 1.54) is 0 Å². The number of ether oxygens (including phenoxy) is 1. The average Bonchev–Trinajstić information content (AvgIpc) is 2.82. The Hall–Kier alpha value is -1.95. The summed E-state index contributed by atoms with van der Waals surface area (Å²) in [6, 6.07) is 5.62. The zero-order valence-electron chi connectivity index (χ0n) is 17.6. The second-order valence-corrected chi connectivity index (χ2v) is 10.6. The second kappa shape index (κ2) is 7.14. The highest BCUT2D eigenvalue weighted by Crippen LogP contribution is 2.52. The second-order valence-electron chi connectivity index (χ2n) is 8.88. The van der Waals surface area contributed by atoms with Crippen LogP contribution in [0.5, 0.6) is 5.75 Å². The van der Waals surface area contributed by atoms with E-state index in [2.05, 4.69) is 31.8 Å². The van der Waals surface area contributed by atoms with Gasteiger partial charge in [0.25, 0.3) is 5.91 Å². The predicted molar refractivity (Wildman–Crippen MR) is 113 cm³/mol. The fourth-order valence-electron chi connectivity index (χ4n) is 3.39. The third-order valence-electron chi connectivity index (χ3n) is 5.67. The Morgan fingerprint density at radius 2 is 2.04 bits per heavy atom. The average molecular weight is 403 g/mol. The zero-order chi connectivity index (χ0) is 20.9. The highest BCUT2D eigenvalue weighted by atomic mass is 32.2. The molecular formula is C22H30N2O3S. The fraction of sp³-hybridized carbons (Fsp3) is 0.545. The van der Waals surface area contributed by atoms with Crippen LogP contribution in [0.3, 0.4) is 0 Å². The maximum Gasteiger partial charge on any atom is 0.253 e. The fourth-order valence-corrected chi connectivity index (χ4v) is 4.89. The summed E-state index contributed by atoms with van der Waals surface area (Å²) in [5.41, 5.74) is 2.41. The quantitative estimate of drug-likeness (QED) is 0.736. The van der Waals surface area contributed by atoms with Crippen LogP contribution in [-0.2, 0) is 9.59 Å². The number of nitrogens with one attached hydrogen (secondary N) is 1. The highest BCUT2D eigenvalue weighted by molar-refractivity contribution is 8.01. The molecule has 0 radical (unpaired) electrons. The lowest BCUT2D eigenvalue weighted by Crippen LogP contribution is -2.67. The maximum atomic E-state index is 12.8. The van der Waals surface area contributed by atoms with Gasteiger partial charge in [0.15, 0.2) is 0 Å². The highest BCUT2D eigenvalue weighted by Gasteiger charge is 2.59. The summed E-state index contributed by atoms with van der Waals surface area (Å²) >= 11 is 1.67. The van der Waals surface area contributed by atoms with E-state index >= 15 is 0 Å². The van der Waals surface area contributed by atoms with Gasteiger partial charge >= 0.3 is 0 Å². The van der Waals surface area contributed by atoms with E-state index in [1.54, 1.807) is 16.7 Å². The molecule has 1 aromatic carbocycles. The van der Waals surface area contributed by atoms with E-state index in [1.807, 2.05) is 39.8 Å². The SMILES string of the molecule is C=C1N2C(=O)[C@@H](NC(=O)C(C)(C)CCOc3cc(C)ccc3C)[C@H]2SC1(C)C. The summed E-state index contributed by atoms with van der Waals surface area (Å²) in [6.45, 7) is 16.4. The normalized spacial score (nSPS) is 23.3. The number of carbonyl (C=O) groups excluding carboxylic acids is 2. The van der Waals surface area contributed by atoms with Crippen molar-refractivity contribution in [2.75, 3.05) is 6.61 Å². The van der Waals surface area contributed by atoms with Crippen molar-refractivity contribution in [1.29, 1.82) is 0 Å². The number of carbonyl (C=O) groups is 2. The van der Waals surface area contributed by atoms with Crippen molar-refractivity contribution in [2.45, 2.75) is 64.1 Å². The Morgan fingerprint density at radius 1 is 1.36 bits per heavy atom. The Kier molecular flexibility index (Phi) is 5.30. The number of benzene rings is 1. The van der Waals surface area contributed by atoms with Crippen molar-refractivity contribution >= 4 is 23.6 Å². The van der Waals surface area contributed by atoms with Gasteiger partial charge in [-0.15, -0.1) is 11.8 Å². The molecule has 1 N–H and O–H groups in total. The van der Waals surface area contributed by atoms with E-state index in [-0.39, 0.29) is 21.9 Å². The molecule has 2 fully saturated rings. The number of amides is 2. The van der Waals surface area contributed by atoms with Crippen LogP contribution in [0, 0.1) is 19.3 Å². The molecule has 3 rings (SSSR count). The molecule has 0 saturated carbocycles. The number of thioether (sulfide) groups is 1. The molecule has 2 amide bonds. The number of hydrogen-bond acceptors (Lipinski definition) is 4. The van der Waals surface area contributed by atoms with Gasteiger partial charge in [-0.1, -0.05) is 32.6 Å². The van der Waals surface area contributed by atoms with Crippen LogP contribution in [0.4, 0.5) is 0 Å². The zero-order valence-corrected chi connectivity index (χ0v) is 18.4. The van der Waals surface area contributed by atoms with Crippen molar-refractivity contribution < 1.29 is 14.3 Å². The van der Waals surface area contributed by atoms with Crippen molar-refractivity contribution in [2.24, 2.45) is 5.41 Å². The van der Waals surface area contributed by atoms with Crippen LogP contribution in [0.15, 0.2) is 30.5 Å². The monoisotopic (exact) mass is 402 g/mol. The van der Waals surface area contributed by atoms with Gasteiger partial charge < -0.3 is 10.1 Å². The van der Waals surface area contributed by atoms with Crippen molar-refractivity contribution in [1.82, 2.24) is 10.2 Å². The van der Waals surface area contributed by atoms with E-state index in [4.69, 9.17) is 4.74 Å². The Bertz CT molecular complexity index is 831. The van der Waals surface area contributed by atoms with Crippen molar-refractivity contribution in [3.05, 3.63) is 41.6 Å². The van der Waals surface area contributed by atoms with E-state index in [0.717, 1.165) is 22.6 Å². The Balaban J connectivity index is 1.56. The lowest BCUT2D eigenvalue weighted by molar-refractivity contribution is -0.147. The predicted octanol–water partition coefficient (Wildman–Crippen LogP) is 3.79. The van der Waals surface area contributed by atoms with Crippen molar-refractivity contribution in [3.8, 4) is 5.75 Å². The molecule has 0 spiro atoms. The summed E-state index contributed by atoms with van der Waals surface area (Å²) in [5, 5.41) is 2.90. The van der Waals surface area contributed by atoms with Crippen molar-refractivity contribution in [3.63, 3.8) is 0 Å². The number of nitrogens with zero attached hydrogens (tertiary/aromatic N) is 1. The Labute approximate surface area is 171 Å². The standard InChI is InChI=1S/C22H30N2O3S/c1-13-8-9-14(2)16(12-13)27-11-10-21(4,5)20(26)23-17-18(25)24-15(3)22(6,7)28-19(17)24/h8-9,12,17,19H,3,10-11H2,1-2,4-7H3,(H,23,26)/t17-,19-/m1/s1. The molecule has 5 nitrogen and oxygen atoms in total. The third kappa shape index (κ3) is 3.66. The summed E-state index contributed by atoms with van der Waals surface area (Å²) < 4.78 is 5.72. The Morgan fingerprint density at radius 3 is 2.71 bits per heavy atom. The van der Waals surface area contributed by atoms with Crippen LogP contribution in [0.2, 0.25) is 0 Å². The summed E-state index contributed by atoms with van der Waals surface area (Å²) in [5.74, 6) is 0.666. The van der Waals surface area contributed by atoms with E-state index in [0.29, 0.717) is 13.0 Å². The van der Waals surface area contributed by atoms with Gasteiger partial charge in [-0.05, 0) is 51.3 Å². The number of hydrogen-bond donors (Lipinski definition) is 1. The molecule has 2 saturated heterocycles. The smallest absolute Gasteiger partial charge is 0.253 e. The lowest BCUT2D eigenvalue weighted by Gasteiger charge is -2.43. The topological polar surface area (TPSA) is 58.6 Å². The van der Waals surface area contributed by atoms with E-state index < -0.39 is 11.5 Å². The molecule has 152 valence electrons. The van der Waals surface area contributed by atoms with Crippen LogP contribution in [0.25, 0.3) is 0 Å². The molecule has 2 aliphatic heterocycles. The molecular weight excluding hydrogens is 372 g/mol. The maximum absolute atomic E-state index is 12.8. The lowest BCUT2D eigenvalue weighted by atomic mass is 9.87. The molecule has 0 unspecified atom stereocenters. The minimum absolute atomic E-state index is 0.0547. The molecule has 1 aromatic rings. The molecule has 2 atom stereocenters. The number of rotatable bonds is 6. The number of β-lactam (4-membered cyclic amide) rings is 1. The third-order valence-corrected chi connectivity index (χ3v) is 7.22. The summed E-state index contributed by atoms with van der Waals surface area (Å²) in [6.07, 6.45) is 0.562. The van der Waals surface area contributed by atoms with Gasteiger partial charge in [-0.3, -0.25) is 14.5 Å².